The third-order valence-corrected chi connectivity index (χ3v) is 6.31. The second kappa shape index (κ2) is 9.86. The molecule has 0 saturated heterocycles. The van der Waals surface area contributed by atoms with Crippen molar-refractivity contribution in [1.29, 1.82) is 0 Å². The number of likely N-dealkylation sites (N-methyl/N-ethyl adjacent to an activating group) is 1. The summed E-state index contributed by atoms with van der Waals surface area (Å²) in [5, 5.41) is 0. The van der Waals surface area contributed by atoms with Gasteiger partial charge >= 0.3 is 0 Å². The van der Waals surface area contributed by atoms with Crippen LogP contribution < -0.4 is 4.74 Å². The van der Waals surface area contributed by atoms with E-state index >= 15 is 0 Å². The van der Waals surface area contributed by atoms with E-state index < -0.39 is 0 Å². The van der Waals surface area contributed by atoms with Crippen molar-refractivity contribution in [3.05, 3.63) is 29.3 Å². The van der Waals surface area contributed by atoms with Crippen molar-refractivity contribution in [2.24, 2.45) is 5.92 Å². The molecule has 2 atom stereocenters. The van der Waals surface area contributed by atoms with Gasteiger partial charge in [-0.05, 0) is 74.2 Å². The highest BCUT2D eigenvalue weighted by atomic mass is 16.7. The number of fused-ring (bicyclic) bond motifs is 1. The Hall–Kier alpha value is -1.43. The zero-order valence-corrected chi connectivity index (χ0v) is 17.8. The standard InChI is InChI=1S/C23H35NO4/c1-5-24(15-16-9-10-16)21-13-17-11-12-18(26-2)14-20(17)19(23(21)25)7-6-8-22(27-3)28-4/h11-12,14,16,19,21-22H,5-10,13,15H2,1-4H3/t19?,21-/m1/s1. The summed E-state index contributed by atoms with van der Waals surface area (Å²) >= 11 is 0. The van der Waals surface area contributed by atoms with E-state index in [0.717, 1.165) is 56.0 Å². The Morgan fingerprint density at radius 3 is 2.54 bits per heavy atom. The van der Waals surface area contributed by atoms with Crippen molar-refractivity contribution in [3.8, 4) is 5.75 Å². The summed E-state index contributed by atoms with van der Waals surface area (Å²) in [7, 11) is 5.00. The molecular weight excluding hydrogens is 354 g/mol. The van der Waals surface area contributed by atoms with Gasteiger partial charge in [-0.25, -0.2) is 0 Å². The van der Waals surface area contributed by atoms with Gasteiger partial charge in [-0.15, -0.1) is 0 Å². The van der Waals surface area contributed by atoms with Crippen LogP contribution in [0.25, 0.3) is 0 Å². The quantitative estimate of drug-likeness (QED) is 0.539. The molecule has 0 bridgehead atoms. The van der Waals surface area contributed by atoms with Gasteiger partial charge < -0.3 is 14.2 Å². The lowest BCUT2D eigenvalue weighted by Gasteiger charge is -2.37. The molecule has 0 spiro atoms. The van der Waals surface area contributed by atoms with Gasteiger partial charge in [0.15, 0.2) is 12.1 Å². The molecule has 1 unspecified atom stereocenters. The van der Waals surface area contributed by atoms with Crippen LogP contribution in [-0.2, 0) is 20.7 Å². The van der Waals surface area contributed by atoms with Crippen LogP contribution in [0.3, 0.4) is 0 Å². The van der Waals surface area contributed by atoms with Crippen LogP contribution in [0.2, 0.25) is 0 Å². The lowest BCUT2D eigenvalue weighted by atomic mass is 9.76. The summed E-state index contributed by atoms with van der Waals surface area (Å²) in [5.41, 5.74) is 2.44. The number of carbonyl (C=O) groups excluding carboxylic acids is 1. The zero-order chi connectivity index (χ0) is 20.1. The molecule has 0 radical (unpaired) electrons. The average molecular weight is 390 g/mol. The van der Waals surface area contributed by atoms with E-state index in [9.17, 15) is 4.79 Å². The Kier molecular flexibility index (Phi) is 7.49. The van der Waals surface area contributed by atoms with Crippen LogP contribution in [0.15, 0.2) is 18.2 Å². The van der Waals surface area contributed by atoms with Crippen molar-refractivity contribution in [1.82, 2.24) is 4.90 Å². The Morgan fingerprint density at radius 1 is 1.18 bits per heavy atom. The monoisotopic (exact) mass is 389 g/mol. The second-order valence-electron chi connectivity index (χ2n) is 8.10. The minimum absolute atomic E-state index is 0.00265. The number of benzene rings is 1. The van der Waals surface area contributed by atoms with E-state index in [0.29, 0.717) is 5.78 Å². The van der Waals surface area contributed by atoms with Gasteiger partial charge in [-0.2, -0.15) is 0 Å². The van der Waals surface area contributed by atoms with Crippen LogP contribution >= 0.6 is 0 Å². The maximum Gasteiger partial charge on any atom is 0.157 e. The maximum atomic E-state index is 13.6. The highest BCUT2D eigenvalue weighted by molar-refractivity contribution is 5.93. The lowest BCUT2D eigenvalue weighted by molar-refractivity contribution is -0.127. The molecule has 1 fully saturated rings. The first-order valence-electron chi connectivity index (χ1n) is 10.6. The molecule has 0 aromatic heterocycles. The SMILES string of the molecule is CCN(CC1CC1)[C@@H]1Cc2ccc(OC)cc2C(CCCC(OC)OC)C1=O. The number of hydrogen-bond donors (Lipinski definition) is 0. The number of ether oxygens (including phenoxy) is 3. The predicted octanol–water partition coefficient (Wildman–Crippen LogP) is 3.79. The molecule has 1 aromatic carbocycles. The van der Waals surface area contributed by atoms with Gasteiger partial charge in [0.1, 0.15) is 5.75 Å². The van der Waals surface area contributed by atoms with Crippen LogP contribution in [0.4, 0.5) is 0 Å². The number of carbonyl (C=O) groups is 1. The molecule has 3 rings (SSSR count). The van der Waals surface area contributed by atoms with E-state index in [4.69, 9.17) is 14.2 Å². The third kappa shape index (κ3) is 4.94. The normalized spacial score (nSPS) is 22.0. The number of nitrogens with zero attached hydrogens (tertiary/aromatic N) is 1. The summed E-state index contributed by atoms with van der Waals surface area (Å²) < 4.78 is 16.1. The van der Waals surface area contributed by atoms with E-state index in [-0.39, 0.29) is 18.2 Å². The number of methoxy groups -OCH3 is 3. The van der Waals surface area contributed by atoms with Crippen molar-refractivity contribution in [2.75, 3.05) is 34.4 Å². The number of rotatable bonds is 11. The minimum Gasteiger partial charge on any atom is -0.497 e. The van der Waals surface area contributed by atoms with Gasteiger partial charge in [-0.3, -0.25) is 9.69 Å². The van der Waals surface area contributed by atoms with Crippen LogP contribution in [0.1, 0.15) is 56.1 Å². The Morgan fingerprint density at radius 2 is 1.93 bits per heavy atom. The largest absolute Gasteiger partial charge is 0.497 e. The number of Topliss-reactive ketones (excluding diaryl/α,β-unsaturated/α-hetero) is 1. The van der Waals surface area contributed by atoms with Gasteiger partial charge in [0.2, 0.25) is 0 Å². The van der Waals surface area contributed by atoms with E-state index in [1.54, 1.807) is 21.3 Å². The molecule has 1 aromatic rings. The van der Waals surface area contributed by atoms with E-state index in [2.05, 4.69) is 24.0 Å². The fourth-order valence-electron chi connectivity index (χ4n) is 4.44. The Bertz CT molecular complexity index is 654. The maximum absolute atomic E-state index is 13.6. The summed E-state index contributed by atoms with van der Waals surface area (Å²) in [6.45, 7) is 4.16. The fraction of sp³-hybridized carbons (Fsp3) is 0.696. The smallest absolute Gasteiger partial charge is 0.157 e. The number of hydrogen-bond acceptors (Lipinski definition) is 5. The topological polar surface area (TPSA) is 48.0 Å². The molecule has 0 amide bonds. The summed E-state index contributed by atoms with van der Waals surface area (Å²) in [6, 6.07) is 6.23. The molecule has 2 aliphatic carbocycles. The lowest BCUT2D eigenvalue weighted by Crippen LogP contribution is -2.48. The van der Waals surface area contributed by atoms with E-state index in [1.807, 2.05) is 6.07 Å². The van der Waals surface area contributed by atoms with Crippen molar-refractivity contribution in [2.45, 2.75) is 63.7 Å². The number of ketones is 1. The molecular formula is C23H35NO4. The average Bonchev–Trinajstić information content (AvgIpc) is 3.54. The van der Waals surface area contributed by atoms with Crippen molar-refractivity contribution < 1.29 is 19.0 Å². The fourth-order valence-corrected chi connectivity index (χ4v) is 4.44. The second-order valence-corrected chi connectivity index (χ2v) is 8.10. The molecule has 0 N–H and O–H groups in total. The van der Waals surface area contributed by atoms with Crippen LogP contribution in [0.5, 0.6) is 5.75 Å². The summed E-state index contributed by atoms with van der Waals surface area (Å²) in [4.78, 5) is 16.0. The van der Waals surface area contributed by atoms with Gasteiger partial charge in [0, 0.05) is 26.7 Å². The van der Waals surface area contributed by atoms with Crippen LogP contribution in [0, 0.1) is 5.92 Å². The van der Waals surface area contributed by atoms with E-state index in [1.165, 1.54) is 18.4 Å². The first kappa shape index (κ1) is 21.3. The van der Waals surface area contributed by atoms with Crippen molar-refractivity contribution >= 4 is 5.78 Å². The molecule has 0 heterocycles. The zero-order valence-electron chi connectivity index (χ0n) is 17.8. The highest BCUT2D eigenvalue weighted by Crippen LogP contribution is 2.38. The molecule has 0 aliphatic heterocycles. The van der Waals surface area contributed by atoms with Gasteiger partial charge in [-0.1, -0.05) is 13.0 Å². The third-order valence-electron chi connectivity index (χ3n) is 6.31. The first-order valence-corrected chi connectivity index (χ1v) is 10.6. The Balaban J connectivity index is 1.80. The molecule has 5 nitrogen and oxygen atoms in total. The first-order chi connectivity index (χ1) is 13.6. The summed E-state index contributed by atoms with van der Waals surface area (Å²) in [6.07, 6.45) is 5.73. The predicted molar refractivity (Wildman–Crippen MR) is 110 cm³/mol. The molecule has 5 heteroatoms. The molecule has 1 saturated carbocycles. The van der Waals surface area contributed by atoms with Crippen LogP contribution in [-0.4, -0.2) is 57.4 Å². The molecule has 28 heavy (non-hydrogen) atoms. The molecule has 2 aliphatic rings. The molecule has 156 valence electrons. The minimum atomic E-state index is -0.207. The Labute approximate surface area is 169 Å². The van der Waals surface area contributed by atoms with Crippen molar-refractivity contribution in [3.63, 3.8) is 0 Å². The highest BCUT2D eigenvalue weighted by Gasteiger charge is 2.39. The van der Waals surface area contributed by atoms with Gasteiger partial charge in [0.25, 0.3) is 0 Å². The summed E-state index contributed by atoms with van der Waals surface area (Å²) in [5.74, 6) is 1.90. The van der Waals surface area contributed by atoms with Gasteiger partial charge in [0.05, 0.1) is 13.2 Å².